The number of rotatable bonds is 1. The van der Waals surface area contributed by atoms with E-state index in [1.54, 1.807) is 18.2 Å². The van der Waals surface area contributed by atoms with E-state index in [4.69, 9.17) is 0 Å². The van der Waals surface area contributed by atoms with Crippen LogP contribution in [0.2, 0.25) is 0 Å². The Morgan fingerprint density at radius 1 is 0.923 bits per heavy atom. The van der Waals surface area contributed by atoms with Crippen molar-refractivity contribution in [2.24, 2.45) is 0 Å². The summed E-state index contributed by atoms with van der Waals surface area (Å²) >= 11 is 1.48. The quantitative estimate of drug-likeness (QED) is 0.729. The van der Waals surface area contributed by atoms with Crippen LogP contribution < -0.4 is 0 Å². The zero-order chi connectivity index (χ0) is 9.26. The highest BCUT2D eigenvalue weighted by atomic mass is 32.1. The number of phenols is 2. The summed E-state index contributed by atoms with van der Waals surface area (Å²) in [4.78, 5) is 0.871. The summed E-state index contributed by atoms with van der Waals surface area (Å²) < 4.78 is 0. The standard InChI is InChI=1S/C10H8O2S/c11-7-3-1-4-8(12)10(7)9-5-2-6-13-9/h1-6,11-12H. The van der Waals surface area contributed by atoms with Crippen LogP contribution in [0.15, 0.2) is 35.7 Å². The summed E-state index contributed by atoms with van der Waals surface area (Å²) in [7, 11) is 0. The highest BCUT2D eigenvalue weighted by molar-refractivity contribution is 7.13. The summed E-state index contributed by atoms with van der Waals surface area (Å²) in [5.74, 6) is 0.227. The Morgan fingerprint density at radius 3 is 2.15 bits per heavy atom. The molecule has 1 aromatic heterocycles. The molecular formula is C10H8O2S. The van der Waals surface area contributed by atoms with E-state index in [1.165, 1.54) is 11.3 Å². The van der Waals surface area contributed by atoms with Crippen molar-refractivity contribution >= 4 is 11.3 Å². The lowest BCUT2D eigenvalue weighted by Crippen LogP contribution is -1.75. The van der Waals surface area contributed by atoms with Gasteiger partial charge in [0.2, 0.25) is 0 Å². The van der Waals surface area contributed by atoms with Crippen LogP contribution in [0.3, 0.4) is 0 Å². The molecule has 13 heavy (non-hydrogen) atoms. The van der Waals surface area contributed by atoms with Crippen molar-refractivity contribution in [2.75, 3.05) is 0 Å². The van der Waals surface area contributed by atoms with Gasteiger partial charge >= 0.3 is 0 Å². The topological polar surface area (TPSA) is 40.5 Å². The summed E-state index contributed by atoms with van der Waals surface area (Å²) in [5, 5.41) is 20.9. The Kier molecular flexibility index (Phi) is 1.94. The van der Waals surface area contributed by atoms with Gasteiger partial charge in [-0.15, -0.1) is 11.3 Å². The Labute approximate surface area is 79.7 Å². The van der Waals surface area contributed by atoms with Gasteiger partial charge in [0, 0.05) is 4.88 Å². The number of benzene rings is 1. The molecule has 2 aromatic rings. The predicted octanol–water partition coefficient (Wildman–Crippen LogP) is 2.83. The third-order valence-electron chi connectivity index (χ3n) is 1.79. The molecule has 0 saturated heterocycles. The Bertz CT molecular complexity index is 387. The smallest absolute Gasteiger partial charge is 0.127 e. The second kappa shape index (κ2) is 3.11. The minimum absolute atomic E-state index is 0.113. The predicted molar refractivity (Wildman–Crippen MR) is 53.1 cm³/mol. The van der Waals surface area contributed by atoms with Crippen LogP contribution in [0.1, 0.15) is 0 Å². The molecule has 2 nitrogen and oxygen atoms in total. The lowest BCUT2D eigenvalue weighted by Gasteiger charge is -2.03. The SMILES string of the molecule is Oc1cccc(O)c1-c1cccs1. The van der Waals surface area contributed by atoms with E-state index in [0.717, 1.165) is 4.88 Å². The summed E-state index contributed by atoms with van der Waals surface area (Å²) in [6.07, 6.45) is 0. The molecule has 66 valence electrons. The average Bonchev–Trinajstić information content (AvgIpc) is 2.57. The van der Waals surface area contributed by atoms with E-state index in [1.807, 2.05) is 17.5 Å². The maximum atomic E-state index is 9.51. The molecule has 0 amide bonds. The van der Waals surface area contributed by atoms with Gasteiger partial charge in [0.15, 0.2) is 0 Å². The maximum Gasteiger partial charge on any atom is 0.127 e. The van der Waals surface area contributed by atoms with E-state index in [9.17, 15) is 10.2 Å². The number of thiophene rings is 1. The van der Waals surface area contributed by atoms with Crippen molar-refractivity contribution < 1.29 is 10.2 Å². The lowest BCUT2D eigenvalue weighted by molar-refractivity contribution is 0.454. The average molecular weight is 192 g/mol. The van der Waals surface area contributed by atoms with Crippen LogP contribution in [0.4, 0.5) is 0 Å². The Hall–Kier alpha value is -1.48. The molecule has 2 N–H and O–H groups in total. The first-order valence-electron chi connectivity index (χ1n) is 3.84. The van der Waals surface area contributed by atoms with Crippen molar-refractivity contribution in [3.8, 4) is 21.9 Å². The lowest BCUT2D eigenvalue weighted by atomic mass is 10.1. The molecule has 0 saturated carbocycles. The minimum Gasteiger partial charge on any atom is -0.507 e. The van der Waals surface area contributed by atoms with Gasteiger partial charge in [0.05, 0.1) is 5.56 Å². The van der Waals surface area contributed by atoms with Crippen molar-refractivity contribution in [1.82, 2.24) is 0 Å². The molecule has 0 aliphatic carbocycles. The fourth-order valence-corrected chi connectivity index (χ4v) is 1.99. The second-order valence-corrected chi connectivity index (χ2v) is 3.60. The third-order valence-corrected chi connectivity index (χ3v) is 2.68. The van der Waals surface area contributed by atoms with Gasteiger partial charge in [-0.1, -0.05) is 12.1 Å². The number of hydrogen-bond donors (Lipinski definition) is 2. The van der Waals surface area contributed by atoms with Crippen molar-refractivity contribution in [3.05, 3.63) is 35.7 Å². The van der Waals surface area contributed by atoms with Crippen molar-refractivity contribution in [1.29, 1.82) is 0 Å². The number of hydrogen-bond acceptors (Lipinski definition) is 3. The first-order valence-corrected chi connectivity index (χ1v) is 4.72. The molecule has 0 aliphatic heterocycles. The van der Waals surface area contributed by atoms with Crippen LogP contribution in [-0.4, -0.2) is 10.2 Å². The van der Waals surface area contributed by atoms with E-state index in [2.05, 4.69) is 0 Å². The van der Waals surface area contributed by atoms with E-state index >= 15 is 0 Å². The Balaban J connectivity index is 2.64. The zero-order valence-corrected chi connectivity index (χ0v) is 7.58. The van der Waals surface area contributed by atoms with Gasteiger partial charge in [-0.3, -0.25) is 0 Å². The molecule has 1 heterocycles. The van der Waals surface area contributed by atoms with Crippen molar-refractivity contribution in [2.45, 2.75) is 0 Å². The maximum absolute atomic E-state index is 9.51. The fourth-order valence-electron chi connectivity index (χ4n) is 1.20. The summed E-state index contributed by atoms with van der Waals surface area (Å²) in [5.41, 5.74) is 0.512. The van der Waals surface area contributed by atoms with Gasteiger partial charge < -0.3 is 10.2 Å². The summed E-state index contributed by atoms with van der Waals surface area (Å²) in [6, 6.07) is 8.48. The normalized spacial score (nSPS) is 10.2. The van der Waals surface area contributed by atoms with Gasteiger partial charge in [0.25, 0.3) is 0 Å². The van der Waals surface area contributed by atoms with Crippen LogP contribution in [0, 0.1) is 0 Å². The van der Waals surface area contributed by atoms with E-state index < -0.39 is 0 Å². The first kappa shape index (κ1) is 8.13. The second-order valence-electron chi connectivity index (χ2n) is 2.65. The van der Waals surface area contributed by atoms with Crippen LogP contribution in [0.25, 0.3) is 10.4 Å². The minimum atomic E-state index is 0.113. The van der Waals surface area contributed by atoms with Crippen LogP contribution in [-0.2, 0) is 0 Å². The molecule has 0 fully saturated rings. The molecule has 0 aliphatic rings. The van der Waals surface area contributed by atoms with Gasteiger partial charge in [-0.2, -0.15) is 0 Å². The molecule has 1 aromatic carbocycles. The fraction of sp³-hybridized carbons (Fsp3) is 0. The Morgan fingerprint density at radius 2 is 1.62 bits per heavy atom. The third kappa shape index (κ3) is 1.38. The molecule has 0 bridgehead atoms. The van der Waals surface area contributed by atoms with E-state index in [-0.39, 0.29) is 11.5 Å². The molecular weight excluding hydrogens is 184 g/mol. The zero-order valence-electron chi connectivity index (χ0n) is 6.77. The highest BCUT2D eigenvalue weighted by Gasteiger charge is 2.09. The number of aromatic hydroxyl groups is 2. The van der Waals surface area contributed by atoms with Gasteiger partial charge in [-0.25, -0.2) is 0 Å². The molecule has 0 radical (unpaired) electrons. The highest BCUT2D eigenvalue weighted by Crippen LogP contribution is 2.38. The molecule has 0 atom stereocenters. The largest absolute Gasteiger partial charge is 0.507 e. The summed E-state index contributed by atoms with van der Waals surface area (Å²) in [6.45, 7) is 0. The molecule has 0 spiro atoms. The van der Waals surface area contributed by atoms with Gasteiger partial charge in [0.1, 0.15) is 11.5 Å². The molecule has 2 rings (SSSR count). The monoisotopic (exact) mass is 192 g/mol. The van der Waals surface area contributed by atoms with E-state index in [0.29, 0.717) is 5.56 Å². The molecule has 3 heteroatoms. The van der Waals surface area contributed by atoms with Gasteiger partial charge in [-0.05, 0) is 23.6 Å². The first-order chi connectivity index (χ1) is 6.29. The van der Waals surface area contributed by atoms with Crippen LogP contribution in [0.5, 0.6) is 11.5 Å². The number of phenolic OH excluding ortho intramolecular Hbond substituents is 2. The van der Waals surface area contributed by atoms with Crippen molar-refractivity contribution in [3.63, 3.8) is 0 Å². The molecule has 0 unspecified atom stereocenters. The van der Waals surface area contributed by atoms with Crippen LogP contribution >= 0.6 is 11.3 Å².